The molecule has 0 unspecified atom stereocenters. The van der Waals surface area contributed by atoms with Gasteiger partial charge >= 0.3 is 0 Å². The van der Waals surface area contributed by atoms with E-state index in [1.807, 2.05) is 0 Å². The predicted molar refractivity (Wildman–Crippen MR) is 15.9 cm³/mol. The molecule has 0 saturated carbocycles. The fourth-order valence-corrected chi connectivity index (χ4v) is 0. The van der Waals surface area contributed by atoms with E-state index in [1.54, 1.807) is 0 Å². The third kappa shape index (κ3) is 1.67. The number of halogens is 1. The van der Waals surface area contributed by atoms with Crippen LogP contribution < -0.4 is 0 Å². The van der Waals surface area contributed by atoms with Crippen LogP contribution >= 0.6 is 0 Å². The number of allylic oxidation sites excluding steroid dienone is 1. The Morgan fingerprint density at radius 2 is 3.25 bits per heavy atom. The molecule has 0 saturated heterocycles. The van der Waals surface area contributed by atoms with Gasteiger partial charge in [-0.25, -0.2) is 4.39 Å². The van der Waals surface area contributed by atoms with Crippen molar-refractivity contribution in [1.29, 1.82) is 0 Å². The minimum Gasteiger partial charge on any atom is -0.216 e. The van der Waals surface area contributed by atoms with Gasteiger partial charge in [0.25, 0.3) is 0 Å². The monoisotopic (exact) mass is 62.1 g/mol. The first-order chi connectivity index (χ1) is 2.77. The van der Waals surface area contributed by atoms with Gasteiger partial charge < -0.3 is 0 Å². The summed E-state index contributed by atoms with van der Waals surface area (Å²) in [7, 11) is 0. The van der Waals surface area contributed by atoms with Crippen LogP contribution in [0.25, 0.3) is 0 Å². The van der Waals surface area contributed by atoms with Gasteiger partial charge in [-0.15, -0.1) is 0 Å². The van der Waals surface area contributed by atoms with Crippen molar-refractivity contribution in [2.75, 3.05) is 0 Å². The Morgan fingerprint density at radius 1 is 2.50 bits per heavy atom. The predicted octanol–water partition coefficient (Wildman–Crippen LogP) is 1.49. The Morgan fingerprint density at radius 3 is 3.25 bits per heavy atom. The first-order valence-electron chi connectivity index (χ1n) is 2.09. The molecule has 0 aliphatic carbocycles. The standard InChI is InChI=1S/C3H5F/c1-2-3-4/h2-3H,1H3/i1D,3D. The molecule has 0 nitrogen and oxygen atoms in total. The van der Waals surface area contributed by atoms with E-state index in [-0.39, 0.29) is 6.90 Å². The van der Waals surface area contributed by atoms with Gasteiger partial charge in [0.2, 0.25) is 0 Å². The second-order valence-electron chi connectivity index (χ2n) is 0.313. The molecular formula is C3H5F. The van der Waals surface area contributed by atoms with Crippen molar-refractivity contribution >= 4 is 0 Å². The van der Waals surface area contributed by atoms with Gasteiger partial charge in [-0.05, 0) is 6.90 Å². The first kappa shape index (κ1) is 1.20. The first-order valence-corrected chi connectivity index (χ1v) is 0.886. The molecule has 0 bridgehead atoms. The minimum atomic E-state index is -1.02. The molecule has 0 rings (SSSR count). The zero-order valence-electron chi connectivity index (χ0n) is 4.16. The molecule has 0 aromatic heterocycles. The Hall–Kier alpha value is -0.330. The molecule has 0 atom stereocenters. The quantitative estimate of drug-likeness (QED) is 0.399. The summed E-state index contributed by atoms with van der Waals surface area (Å²) in [6, 6.07) is 0. The third-order valence-electron chi connectivity index (χ3n) is 0.0772. The number of rotatable bonds is 0. The van der Waals surface area contributed by atoms with Crippen LogP contribution in [-0.4, -0.2) is 0 Å². The van der Waals surface area contributed by atoms with Crippen LogP contribution in [0.4, 0.5) is 4.39 Å². The number of hydrogen-bond acceptors (Lipinski definition) is 0. The van der Waals surface area contributed by atoms with E-state index >= 15 is 0 Å². The van der Waals surface area contributed by atoms with E-state index in [0.717, 1.165) is 6.08 Å². The van der Waals surface area contributed by atoms with Crippen molar-refractivity contribution in [3.05, 3.63) is 12.4 Å². The Kier molecular flexibility index (Phi) is 0.801. The molecule has 0 aliphatic heterocycles. The highest BCUT2D eigenvalue weighted by Gasteiger charge is 1.38. The summed E-state index contributed by atoms with van der Waals surface area (Å²) in [6.07, 6.45) is -0.148. The summed E-state index contributed by atoms with van der Waals surface area (Å²) < 4.78 is 23.5. The molecule has 1 heteroatoms. The van der Waals surface area contributed by atoms with E-state index in [1.165, 1.54) is 0 Å². The van der Waals surface area contributed by atoms with Crippen LogP contribution in [0.1, 0.15) is 9.64 Å². The van der Waals surface area contributed by atoms with Gasteiger partial charge in [-0.2, -0.15) is 0 Å². The van der Waals surface area contributed by atoms with Gasteiger partial charge in [0, 0.05) is 1.37 Å². The van der Waals surface area contributed by atoms with E-state index in [4.69, 9.17) is 2.74 Å². The van der Waals surface area contributed by atoms with E-state index in [0.29, 0.717) is 0 Å². The molecule has 0 radical (unpaired) electrons. The van der Waals surface area contributed by atoms with Gasteiger partial charge in [0.05, 0.1) is 7.68 Å². The molecule has 0 heterocycles. The molecule has 0 N–H and O–H groups in total. The summed E-state index contributed by atoms with van der Waals surface area (Å²) in [5, 5.41) is 0. The second kappa shape index (κ2) is 2.67. The molecule has 0 aromatic carbocycles. The molecule has 4 heavy (non-hydrogen) atoms. The lowest BCUT2D eigenvalue weighted by Crippen LogP contribution is -1.22. The Bertz CT molecular complexity index is 55.8. The average Bonchev–Trinajstić information content (AvgIpc) is 1.35. The van der Waals surface area contributed by atoms with Gasteiger partial charge in [0.15, 0.2) is 0 Å². The molecule has 0 aromatic rings. The highest BCUT2D eigenvalue weighted by molar-refractivity contribution is 4.61. The van der Waals surface area contributed by atoms with Crippen LogP contribution in [-0.2, 0) is 0 Å². The summed E-state index contributed by atoms with van der Waals surface area (Å²) in [5.41, 5.74) is 0. The topological polar surface area (TPSA) is 0 Å². The smallest absolute Gasteiger partial charge is 0.0952 e. The average molecular weight is 62.1 g/mol. The molecule has 0 aliphatic rings. The van der Waals surface area contributed by atoms with Crippen molar-refractivity contribution in [3.8, 4) is 0 Å². The van der Waals surface area contributed by atoms with Crippen LogP contribution in [0.5, 0.6) is 0 Å². The third-order valence-corrected chi connectivity index (χ3v) is 0.0772. The molecule has 0 amide bonds. The lowest BCUT2D eigenvalue weighted by Gasteiger charge is -1.45. The van der Waals surface area contributed by atoms with E-state index in [9.17, 15) is 4.39 Å². The maximum Gasteiger partial charge on any atom is 0.0952 e. The number of hydrogen-bond donors (Lipinski definition) is 0. The van der Waals surface area contributed by atoms with Crippen molar-refractivity contribution in [3.63, 3.8) is 0 Å². The second-order valence-corrected chi connectivity index (χ2v) is 0.313. The lowest BCUT2D eigenvalue weighted by atomic mass is 10.8. The molecule has 0 fully saturated rings. The van der Waals surface area contributed by atoms with Crippen LogP contribution in [0.2, 0.25) is 0 Å². The minimum absolute atomic E-state index is 0.144. The summed E-state index contributed by atoms with van der Waals surface area (Å²) in [6.45, 7) is -0.144. The largest absolute Gasteiger partial charge is 0.216 e. The summed E-state index contributed by atoms with van der Waals surface area (Å²) in [4.78, 5) is 0. The highest BCUT2D eigenvalue weighted by atomic mass is 19.1. The fourth-order valence-electron chi connectivity index (χ4n) is 0. The van der Waals surface area contributed by atoms with Crippen molar-refractivity contribution in [1.82, 2.24) is 0 Å². The van der Waals surface area contributed by atoms with Crippen molar-refractivity contribution in [2.45, 2.75) is 6.90 Å². The highest BCUT2D eigenvalue weighted by Crippen LogP contribution is 1.62. The van der Waals surface area contributed by atoms with Crippen molar-refractivity contribution < 1.29 is 7.13 Å². The van der Waals surface area contributed by atoms with Crippen molar-refractivity contribution in [2.24, 2.45) is 0 Å². The fraction of sp³-hybridized carbons (Fsp3) is 0.333. The lowest BCUT2D eigenvalue weighted by molar-refractivity contribution is 0.719. The van der Waals surface area contributed by atoms with Crippen LogP contribution in [0, 0.1) is 0 Å². The van der Waals surface area contributed by atoms with E-state index in [2.05, 4.69) is 0 Å². The van der Waals surface area contributed by atoms with Crippen LogP contribution in [0.15, 0.2) is 12.4 Å². The maximum atomic E-state index is 11.1. The zero-order valence-corrected chi connectivity index (χ0v) is 2.16. The molecule has 24 valence electrons. The SMILES string of the molecule is [2H]CC=C([2H])F. The zero-order chi connectivity index (χ0) is 4.99. The molecular weight excluding hydrogens is 55.0 g/mol. The summed E-state index contributed by atoms with van der Waals surface area (Å²) in [5.74, 6) is 0. The van der Waals surface area contributed by atoms with Gasteiger partial charge in [-0.3, -0.25) is 0 Å². The van der Waals surface area contributed by atoms with Gasteiger partial charge in [0.1, 0.15) is 0 Å². The summed E-state index contributed by atoms with van der Waals surface area (Å²) >= 11 is 0. The van der Waals surface area contributed by atoms with E-state index < -0.39 is 6.31 Å². The Balaban J connectivity index is 3.14. The van der Waals surface area contributed by atoms with Gasteiger partial charge in [-0.1, -0.05) is 6.08 Å². The van der Waals surface area contributed by atoms with Crippen LogP contribution in [0.3, 0.4) is 0 Å². The Labute approximate surface area is 27.8 Å². The normalized spacial score (nSPS) is 18.8. The molecule has 0 spiro atoms. The maximum absolute atomic E-state index is 11.1.